The van der Waals surface area contributed by atoms with Crippen LogP contribution in [-0.2, 0) is 10.2 Å². The maximum Gasteiger partial charge on any atom is 0.229 e. The predicted octanol–water partition coefficient (Wildman–Crippen LogP) is 6.07. The standard InChI is InChI=1S/C29H33N3O2/c1-28(2)23-13-7-8-14-24(23)32(17-18-33-3)29(28)20-30-27-22-12-6-5-11-21(22)25(19-26(27)34-29)31-15-9-4-10-16-31/h5-8,11-14,19-20H,4,9-10,15-18H2,1-3H3. The van der Waals surface area contributed by atoms with Crippen molar-refractivity contribution in [1.29, 1.82) is 0 Å². The van der Waals surface area contributed by atoms with Crippen LogP contribution >= 0.6 is 0 Å². The Bertz CT molecular complexity index is 1260. The third kappa shape index (κ3) is 2.99. The molecule has 1 spiro atoms. The van der Waals surface area contributed by atoms with Gasteiger partial charge in [0, 0.05) is 55.0 Å². The van der Waals surface area contributed by atoms with Crippen LogP contribution in [-0.4, -0.2) is 45.3 Å². The van der Waals surface area contributed by atoms with Crippen LogP contribution in [0.5, 0.6) is 5.75 Å². The summed E-state index contributed by atoms with van der Waals surface area (Å²) in [7, 11) is 1.75. The summed E-state index contributed by atoms with van der Waals surface area (Å²) < 4.78 is 12.6. The summed E-state index contributed by atoms with van der Waals surface area (Å²) in [5.41, 5.74) is 3.65. The van der Waals surface area contributed by atoms with Gasteiger partial charge >= 0.3 is 0 Å². The molecule has 3 aliphatic rings. The fourth-order valence-electron chi connectivity index (χ4n) is 6.10. The van der Waals surface area contributed by atoms with Crippen molar-refractivity contribution < 1.29 is 9.47 Å². The smallest absolute Gasteiger partial charge is 0.229 e. The van der Waals surface area contributed by atoms with Crippen molar-refractivity contribution in [2.45, 2.75) is 44.2 Å². The van der Waals surface area contributed by atoms with Crippen molar-refractivity contribution in [3.63, 3.8) is 0 Å². The van der Waals surface area contributed by atoms with Crippen molar-refractivity contribution in [3.8, 4) is 5.75 Å². The summed E-state index contributed by atoms with van der Waals surface area (Å²) in [6.45, 7) is 8.06. The van der Waals surface area contributed by atoms with E-state index in [1.807, 2.05) is 6.21 Å². The number of benzene rings is 3. The molecular formula is C29H33N3O2. The van der Waals surface area contributed by atoms with Gasteiger partial charge in [-0.2, -0.15) is 0 Å². The summed E-state index contributed by atoms with van der Waals surface area (Å²) >= 11 is 0. The van der Waals surface area contributed by atoms with Crippen LogP contribution in [0.25, 0.3) is 10.8 Å². The van der Waals surface area contributed by atoms with E-state index in [1.165, 1.54) is 41.6 Å². The van der Waals surface area contributed by atoms with Crippen LogP contribution < -0.4 is 14.5 Å². The van der Waals surface area contributed by atoms with Crippen molar-refractivity contribution in [2.24, 2.45) is 4.99 Å². The Hall–Kier alpha value is -3.05. The minimum absolute atomic E-state index is 0.296. The molecule has 176 valence electrons. The molecular weight excluding hydrogens is 422 g/mol. The molecule has 0 aliphatic carbocycles. The zero-order valence-corrected chi connectivity index (χ0v) is 20.4. The maximum atomic E-state index is 7.12. The van der Waals surface area contributed by atoms with Gasteiger partial charge < -0.3 is 19.3 Å². The van der Waals surface area contributed by atoms with Gasteiger partial charge in [0.25, 0.3) is 0 Å². The number of fused-ring (bicyclic) bond motifs is 4. The van der Waals surface area contributed by atoms with Crippen molar-refractivity contribution in [1.82, 2.24) is 0 Å². The molecule has 3 heterocycles. The number of para-hydroxylation sites is 1. The van der Waals surface area contributed by atoms with Crippen LogP contribution in [0, 0.1) is 0 Å². The Morgan fingerprint density at radius 3 is 2.47 bits per heavy atom. The lowest BCUT2D eigenvalue weighted by molar-refractivity contribution is 0.0716. The lowest BCUT2D eigenvalue weighted by Gasteiger charge is -2.46. The minimum atomic E-state index is -0.718. The van der Waals surface area contributed by atoms with E-state index in [0.29, 0.717) is 6.61 Å². The topological polar surface area (TPSA) is 37.3 Å². The van der Waals surface area contributed by atoms with E-state index in [9.17, 15) is 0 Å². The highest BCUT2D eigenvalue weighted by Gasteiger charge is 2.59. The molecule has 0 amide bonds. The molecule has 34 heavy (non-hydrogen) atoms. The van der Waals surface area contributed by atoms with E-state index in [1.54, 1.807) is 7.11 Å². The first-order valence-electron chi connectivity index (χ1n) is 12.5. The number of nitrogens with zero attached hydrogens (tertiary/aromatic N) is 3. The quantitative estimate of drug-likeness (QED) is 0.479. The van der Waals surface area contributed by atoms with E-state index in [0.717, 1.165) is 36.5 Å². The number of rotatable bonds is 4. The van der Waals surface area contributed by atoms with E-state index in [-0.39, 0.29) is 5.41 Å². The van der Waals surface area contributed by atoms with Crippen molar-refractivity contribution >= 4 is 34.0 Å². The van der Waals surface area contributed by atoms with Crippen LogP contribution in [0.3, 0.4) is 0 Å². The lowest BCUT2D eigenvalue weighted by Crippen LogP contribution is -2.62. The summed E-state index contributed by atoms with van der Waals surface area (Å²) in [5, 5.41) is 2.41. The van der Waals surface area contributed by atoms with E-state index < -0.39 is 5.72 Å². The maximum absolute atomic E-state index is 7.12. The minimum Gasteiger partial charge on any atom is -0.459 e. The number of methoxy groups -OCH3 is 1. The van der Waals surface area contributed by atoms with Crippen molar-refractivity contribution in [3.05, 3.63) is 60.2 Å². The molecule has 6 rings (SSSR count). The number of hydrogen-bond acceptors (Lipinski definition) is 5. The Morgan fingerprint density at radius 1 is 0.941 bits per heavy atom. The molecule has 1 atom stereocenters. The zero-order valence-electron chi connectivity index (χ0n) is 20.4. The molecule has 0 aromatic heterocycles. The number of anilines is 2. The van der Waals surface area contributed by atoms with Crippen LogP contribution in [0.15, 0.2) is 59.6 Å². The fourth-order valence-corrected chi connectivity index (χ4v) is 6.10. The summed E-state index contributed by atoms with van der Waals surface area (Å²) in [6.07, 6.45) is 5.82. The molecule has 3 aromatic rings. The first-order chi connectivity index (χ1) is 16.6. The Morgan fingerprint density at radius 2 is 1.68 bits per heavy atom. The van der Waals surface area contributed by atoms with Crippen molar-refractivity contribution in [2.75, 3.05) is 43.2 Å². The van der Waals surface area contributed by atoms with Gasteiger partial charge in [0.2, 0.25) is 5.72 Å². The molecule has 3 aromatic carbocycles. The molecule has 0 bridgehead atoms. The molecule has 1 fully saturated rings. The molecule has 5 heteroatoms. The molecule has 1 saturated heterocycles. The first kappa shape index (κ1) is 21.5. The lowest BCUT2D eigenvalue weighted by atomic mass is 9.77. The highest BCUT2D eigenvalue weighted by molar-refractivity contribution is 6.06. The van der Waals surface area contributed by atoms with Gasteiger partial charge in [-0.25, -0.2) is 0 Å². The van der Waals surface area contributed by atoms with Crippen LogP contribution in [0.1, 0.15) is 38.7 Å². The number of ether oxygens (including phenoxy) is 2. The Kier molecular flexibility index (Phi) is 5.07. The SMILES string of the molecule is COCCN1c2ccccc2C(C)(C)C12C=Nc1c(cc(N3CCCCC3)c3ccccc13)O2. The summed E-state index contributed by atoms with van der Waals surface area (Å²) in [5.74, 6) is 0.866. The van der Waals surface area contributed by atoms with E-state index >= 15 is 0 Å². The molecule has 0 radical (unpaired) electrons. The second kappa shape index (κ2) is 8.02. The second-order valence-corrected chi connectivity index (χ2v) is 10.2. The average Bonchev–Trinajstić information content (AvgIpc) is 3.05. The van der Waals surface area contributed by atoms with Gasteiger partial charge in [-0.3, -0.25) is 4.99 Å². The molecule has 0 saturated carbocycles. The molecule has 3 aliphatic heterocycles. The van der Waals surface area contributed by atoms with Gasteiger partial charge in [0.05, 0.1) is 18.2 Å². The predicted molar refractivity (Wildman–Crippen MR) is 140 cm³/mol. The molecule has 1 unspecified atom stereocenters. The van der Waals surface area contributed by atoms with E-state index in [4.69, 9.17) is 14.5 Å². The average molecular weight is 456 g/mol. The number of aliphatic imine (C=N–C) groups is 1. The largest absolute Gasteiger partial charge is 0.459 e. The summed E-state index contributed by atoms with van der Waals surface area (Å²) in [4.78, 5) is 10.00. The molecule has 5 nitrogen and oxygen atoms in total. The van der Waals surface area contributed by atoms with Crippen LogP contribution in [0.4, 0.5) is 17.1 Å². The molecule has 0 N–H and O–H groups in total. The fraction of sp³-hybridized carbons (Fsp3) is 0.414. The first-order valence-corrected chi connectivity index (χ1v) is 12.5. The Labute approximate surface area is 202 Å². The highest BCUT2D eigenvalue weighted by atomic mass is 16.5. The third-order valence-electron chi connectivity index (χ3n) is 7.97. The summed E-state index contributed by atoms with van der Waals surface area (Å²) in [6, 6.07) is 19.5. The van der Waals surface area contributed by atoms with Gasteiger partial charge in [0.1, 0.15) is 5.69 Å². The monoisotopic (exact) mass is 455 g/mol. The zero-order chi connectivity index (χ0) is 23.3. The number of hydrogen-bond donors (Lipinski definition) is 0. The second-order valence-electron chi connectivity index (χ2n) is 10.2. The van der Waals surface area contributed by atoms with Gasteiger partial charge in [-0.05, 0) is 44.7 Å². The van der Waals surface area contributed by atoms with Gasteiger partial charge in [0.15, 0.2) is 5.75 Å². The highest BCUT2D eigenvalue weighted by Crippen LogP contribution is 2.55. The van der Waals surface area contributed by atoms with Gasteiger partial charge in [-0.1, -0.05) is 42.5 Å². The van der Waals surface area contributed by atoms with E-state index in [2.05, 4.69) is 78.2 Å². The van der Waals surface area contributed by atoms with Gasteiger partial charge in [-0.15, -0.1) is 0 Å². The number of piperidine rings is 1. The Balaban J connectivity index is 1.52. The van der Waals surface area contributed by atoms with Crippen LogP contribution in [0.2, 0.25) is 0 Å². The third-order valence-corrected chi connectivity index (χ3v) is 7.97. The normalized spacial score (nSPS) is 22.7.